The van der Waals surface area contributed by atoms with E-state index in [1.165, 1.54) is 25.3 Å². The minimum absolute atomic E-state index is 0.0293. The first kappa shape index (κ1) is 17.9. The van der Waals surface area contributed by atoms with Gasteiger partial charge in [-0.15, -0.1) is 0 Å². The van der Waals surface area contributed by atoms with Crippen LogP contribution in [-0.2, 0) is 14.8 Å². The van der Waals surface area contributed by atoms with Crippen molar-refractivity contribution in [3.05, 3.63) is 22.7 Å². The number of hydrogen-bond donors (Lipinski definition) is 2. The van der Waals surface area contributed by atoms with Crippen molar-refractivity contribution in [2.75, 3.05) is 7.11 Å². The Bertz CT molecular complexity index is 615. The summed E-state index contributed by atoms with van der Waals surface area (Å²) in [6.07, 6.45) is 0.211. The van der Waals surface area contributed by atoms with Gasteiger partial charge >= 0.3 is 5.97 Å². The lowest BCUT2D eigenvalue weighted by Crippen LogP contribution is -2.41. The molecule has 0 aromatic heterocycles. The lowest BCUT2D eigenvalue weighted by molar-refractivity contribution is -0.139. The number of rotatable bonds is 7. The summed E-state index contributed by atoms with van der Waals surface area (Å²) >= 11 is 3.15. The van der Waals surface area contributed by atoms with Crippen LogP contribution in [0.4, 0.5) is 0 Å². The highest BCUT2D eigenvalue weighted by atomic mass is 79.9. The molecule has 0 saturated heterocycles. The number of benzene rings is 1. The molecule has 1 aromatic rings. The van der Waals surface area contributed by atoms with Gasteiger partial charge in [-0.05, 0) is 46.5 Å². The van der Waals surface area contributed by atoms with Crippen molar-refractivity contribution >= 4 is 31.9 Å². The van der Waals surface area contributed by atoms with E-state index in [4.69, 9.17) is 9.84 Å². The van der Waals surface area contributed by atoms with Gasteiger partial charge in [-0.1, -0.05) is 13.8 Å². The van der Waals surface area contributed by atoms with E-state index < -0.39 is 22.0 Å². The smallest absolute Gasteiger partial charge is 0.321 e. The molecule has 1 rings (SSSR count). The molecule has 8 heteroatoms. The van der Waals surface area contributed by atoms with Gasteiger partial charge in [0.15, 0.2) is 0 Å². The van der Waals surface area contributed by atoms with Crippen molar-refractivity contribution in [2.24, 2.45) is 5.92 Å². The molecule has 0 heterocycles. The molecule has 6 nitrogen and oxygen atoms in total. The highest BCUT2D eigenvalue weighted by Gasteiger charge is 2.27. The van der Waals surface area contributed by atoms with Gasteiger partial charge in [-0.25, -0.2) is 8.42 Å². The Morgan fingerprint density at radius 3 is 2.48 bits per heavy atom. The van der Waals surface area contributed by atoms with Crippen LogP contribution in [0, 0.1) is 5.92 Å². The maximum absolute atomic E-state index is 12.3. The highest BCUT2D eigenvalue weighted by molar-refractivity contribution is 9.10. The molecule has 0 aliphatic heterocycles. The van der Waals surface area contributed by atoms with E-state index in [1.54, 1.807) is 0 Å². The highest BCUT2D eigenvalue weighted by Crippen LogP contribution is 2.26. The van der Waals surface area contributed by atoms with E-state index in [0.29, 0.717) is 10.2 Å². The van der Waals surface area contributed by atoms with Crippen LogP contribution in [0.25, 0.3) is 0 Å². The fourth-order valence-corrected chi connectivity index (χ4v) is 4.01. The number of aliphatic carboxylic acids is 1. The average molecular weight is 380 g/mol. The van der Waals surface area contributed by atoms with Gasteiger partial charge in [0.2, 0.25) is 10.0 Å². The van der Waals surface area contributed by atoms with E-state index in [9.17, 15) is 13.2 Å². The van der Waals surface area contributed by atoms with E-state index in [1.807, 2.05) is 13.8 Å². The van der Waals surface area contributed by atoms with Gasteiger partial charge in [-0.2, -0.15) is 4.72 Å². The summed E-state index contributed by atoms with van der Waals surface area (Å²) in [4.78, 5) is 11.1. The van der Waals surface area contributed by atoms with Crippen molar-refractivity contribution in [1.82, 2.24) is 4.72 Å². The van der Waals surface area contributed by atoms with Crippen LogP contribution in [0.3, 0.4) is 0 Å². The van der Waals surface area contributed by atoms with Crippen LogP contribution < -0.4 is 9.46 Å². The molecule has 21 heavy (non-hydrogen) atoms. The molecule has 1 aromatic carbocycles. The molecule has 0 aliphatic rings. The zero-order valence-corrected chi connectivity index (χ0v) is 14.4. The van der Waals surface area contributed by atoms with Crippen molar-refractivity contribution < 1.29 is 23.1 Å². The maximum atomic E-state index is 12.3. The topological polar surface area (TPSA) is 92.7 Å². The molecule has 1 unspecified atom stereocenters. The van der Waals surface area contributed by atoms with Crippen LogP contribution in [0.2, 0.25) is 0 Å². The molecule has 0 fully saturated rings. The van der Waals surface area contributed by atoms with Crippen molar-refractivity contribution in [3.8, 4) is 5.75 Å². The first-order valence-electron chi connectivity index (χ1n) is 6.26. The monoisotopic (exact) mass is 379 g/mol. The number of hydrogen-bond acceptors (Lipinski definition) is 4. The first-order chi connectivity index (χ1) is 9.67. The minimum atomic E-state index is -3.94. The van der Waals surface area contributed by atoms with E-state index in [0.717, 1.165) is 0 Å². The summed E-state index contributed by atoms with van der Waals surface area (Å²) < 4.78 is 32.1. The molecule has 0 radical (unpaired) electrons. The number of sulfonamides is 1. The molecule has 0 amide bonds. The predicted molar refractivity (Wildman–Crippen MR) is 81.9 cm³/mol. The van der Waals surface area contributed by atoms with Gasteiger partial charge in [0.05, 0.1) is 12.0 Å². The number of carbonyl (C=O) groups is 1. The van der Waals surface area contributed by atoms with E-state index in [-0.39, 0.29) is 17.2 Å². The number of carboxylic acids is 1. The summed E-state index contributed by atoms with van der Waals surface area (Å²) in [6, 6.07) is 3.20. The molecule has 1 atom stereocenters. The van der Waals surface area contributed by atoms with Crippen molar-refractivity contribution in [1.29, 1.82) is 0 Å². The Balaban J connectivity index is 3.07. The van der Waals surface area contributed by atoms with Crippen LogP contribution in [0.5, 0.6) is 5.75 Å². The minimum Gasteiger partial charge on any atom is -0.497 e. The number of methoxy groups -OCH3 is 1. The van der Waals surface area contributed by atoms with Crippen LogP contribution >= 0.6 is 15.9 Å². The number of nitrogens with one attached hydrogen (secondary N) is 1. The van der Waals surface area contributed by atoms with E-state index in [2.05, 4.69) is 20.7 Å². The summed E-state index contributed by atoms with van der Waals surface area (Å²) in [5.74, 6) is -0.650. The Morgan fingerprint density at radius 1 is 1.43 bits per heavy atom. The second-order valence-electron chi connectivity index (χ2n) is 4.94. The van der Waals surface area contributed by atoms with Crippen molar-refractivity contribution in [3.63, 3.8) is 0 Å². The fourth-order valence-electron chi connectivity index (χ4n) is 1.75. The predicted octanol–water partition coefficient (Wildman–Crippen LogP) is 2.24. The standard InChI is InChI=1S/C13H18BrNO5S/c1-8(2)6-11(13(16)17)15-21(18,19)12-5-4-9(20-3)7-10(12)14/h4-5,7-8,11,15H,6H2,1-3H3,(H,16,17). The Kier molecular flexibility index (Phi) is 6.18. The molecule has 0 aliphatic carbocycles. The third-order valence-corrected chi connectivity index (χ3v) is 5.18. The zero-order chi connectivity index (χ0) is 16.2. The van der Waals surface area contributed by atoms with Gasteiger partial charge in [0, 0.05) is 4.47 Å². The van der Waals surface area contributed by atoms with Gasteiger partial charge in [-0.3, -0.25) is 4.79 Å². The summed E-state index contributed by atoms with van der Waals surface area (Å²) in [6.45, 7) is 3.65. The van der Waals surface area contributed by atoms with Gasteiger partial charge in [0.25, 0.3) is 0 Å². The Morgan fingerprint density at radius 2 is 2.05 bits per heavy atom. The Labute approximate surface area is 132 Å². The summed E-state index contributed by atoms with van der Waals surface area (Å²) in [5, 5.41) is 9.13. The average Bonchev–Trinajstić information content (AvgIpc) is 2.36. The second-order valence-corrected chi connectivity index (χ2v) is 7.47. The maximum Gasteiger partial charge on any atom is 0.321 e. The molecule has 118 valence electrons. The quantitative estimate of drug-likeness (QED) is 0.757. The largest absolute Gasteiger partial charge is 0.497 e. The van der Waals surface area contributed by atoms with Crippen LogP contribution in [0.1, 0.15) is 20.3 Å². The molecule has 0 bridgehead atoms. The molecule has 2 N–H and O–H groups in total. The summed E-state index contributed by atoms with van der Waals surface area (Å²) in [7, 11) is -2.47. The SMILES string of the molecule is COc1ccc(S(=O)(=O)NC(CC(C)C)C(=O)O)c(Br)c1. The van der Waals surface area contributed by atoms with E-state index >= 15 is 0 Å². The lowest BCUT2D eigenvalue weighted by atomic mass is 10.1. The summed E-state index contributed by atoms with van der Waals surface area (Å²) in [5.41, 5.74) is 0. The van der Waals surface area contributed by atoms with Crippen LogP contribution in [0.15, 0.2) is 27.6 Å². The van der Waals surface area contributed by atoms with Crippen molar-refractivity contribution in [2.45, 2.75) is 31.2 Å². The molecule has 0 saturated carbocycles. The van der Waals surface area contributed by atoms with Gasteiger partial charge < -0.3 is 9.84 Å². The second kappa shape index (κ2) is 7.24. The Hall–Kier alpha value is -1.12. The first-order valence-corrected chi connectivity index (χ1v) is 8.53. The third-order valence-electron chi connectivity index (χ3n) is 2.73. The zero-order valence-electron chi connectivity index (χ0n) is 12.0. The van der Waals surface area contributed by atoms with Gasteiger partial charge in [0.1, 0.15) is 11.8 Å². The molecular weight excluding hydrogens is 362 g/mol. The number of carboxylic acid groups (broad SMARTS) is 1. The normalized spacial score (nSPS) is 13.2. The van der Waals surface area contributed by atoms with Crippen LogP contribution in [-0.4, -0.2) is 32.6 Å². The number of ether oxygens (including phenoxy) is 1. The number of halogens is 1. The fraction of sp³-hybridized carbons (Fsp3) is 0.462. The third kappa shape index (κ3) is 4.98. The molecule has 0 spiro atoms. The lowest BCUT2D eigenvalue weighted by Gasteiger charge is -2.17. The molecular formula is C13H18BrNO5S.